The number of nitrogens with two attached hydrogens (primary N) is 1. The van der Waals surface area contributed by atoms with E-state index in [0.717, 1.165) is 10.9 Å². The lowest BCUT2D eigenvalue weighted by Crippen LogP contribution is -2.13. The van der Waals surface area contributed by atoms with Crippen LogP contribution in [0.1, 0.15) is 27.4 Å². The van der Waals surface area contributed by atoms with Gasteiger partial charge in [-0.3, -0.25) is 0 Å². The first-order chi connectivity index (χ1) is 13.2. The van der Waals surface area contributed by atoms with Gasteiger partial charge in [-0.1, -0.05) is 66.7 Å². The molecule has 0 saturated carbocycles. The molecule has 4 heteroatoms. The summed E-state index contributed by atoms with van der Waals surface area (Å²) in [6.45, 7) is 0.284. The standard InChI is InChI=1S/C23H18N2O2/c24-22-21(18-11-5-6-12-20(18)25-22)23(26)27-13-19-16-9-3-1-7-14(16)15-8-2-4-10-17(15)19/h1-12,19,25H,13,24H2. The lowest BCUT2D eigenvalue weighted by atomic mass is 9.98. The molecule has 0 aliphatic heterocycles. The van der Waals surface area contributed by atoms with Gasteiger partial charge in [0.2, 0.25) is 0 Å². The normalized spacial score (nSPS) is 12.7. The van der Waals surface area contributed by atoms with Crippen LogP contribution in [-0.4, -0.2) is 17.6 Å². The molecule has 132 valence electrons. The van der Waals surface area contributed by atoms with Crippen LogP contribution >= 0.6 is 0 Å². The minimum absolute atomic E-state index is 0.0350. The summed E-state index contributed by atoms with van der Waals surface area (Å²) in [4.78, 5) is 15.8. The molecule has 3 aromatic carbocycles. The fourth-order valence-corrected chi connectivity index (χ4v) is 4.05. The van der Waals surface area contributed by atoms with Crippen molar-refractivity contribution in [2.75, 3.05) is 12.3 Å². The number of H-pyrrole nitrogens is 1. The van der Waals surface area contributed by atoms with Crippen LogP contribution in [0.2, 0.25) is 0 Å². The Morgan fingerprint density at radius 2 is 1.48 bits per heavy atom. The zero-order valence-electron chi connectivity index (χ0n) is 14.6. The molecule has 0 unspecified atom stereocenters. The number of ether oxygens (including phenoxy) is 1. The van der Waals surface area contributed by atoms with Crippen LogP contribution in [0.3, 0.4) is 0 Å². The molecule has 4 nitrogen and oxygen atoms in total. The van der Waals surface area contributed by atoms with Gasteiger partial charge in [-0.05, 0) is 28.3 Å². The number of carbonyl (C=O) groups excluding carboxylic acids is 1. The van der Waals surface area contributed by atoms with E-state index in [1.165, 1.54) is 22.3 Å². The number of fused-ring (bicyclic) bond motifs is 4. The van der Waals surface area contributed by atoms with Gasteiger partial charge in [0.15, 0.2) is 0 Å². The van der Waals surface area contributed by atoms with Crippen molar-refractivity contribution >= 4 is 22.7 Å². The number of nitrogen functional groups attached to an aromatic ring is 1. The molecular weight excluding hydrogens is 336 g/mol. The monoisotopic (exact) mass is 354 g/mol. The number of carbonyl (C=O) groups is 1. The number of hydrogen-bond acceptors (Lipinski definition) is 3. The van der Waals surface area contributed by atoms with Gasteiger partial charge >= 0.3 is 5.97 Å². The zero-order valence-corrected chi connectivity index (χ0v) is 14.6. The number of anilines is 1. The van der Waals surface area contributed by atoms with Gasteiger partial charge in [-0.15, -0.1) is 0 Å². The predicted octanol–water partition coefficient (Wildman–Crippen LogP) is 4.72. The fourth-order valence-electron chi connectivity index (χ4n) is 4.05. The van der Waals surface area contributed by atoms with E-state index in [0.29, 0.717) is 11.4 Å². The number of nitrogens with one attached hydrogen (secondary N) is 1. The Hall–Kier alpha value is -3.53. The molecule has 0 fully saturated rings. The van der Waals surface area contributed by atoms with Crippen molar-refractivity contribution in [2.45, 2.75) is 5.92 Å². The molecule has 0 spiro atoms. The SMILES string of the molecule is Nc1[nH]c2ccccc2c1C(=O)OCC1c2ccccc2-c2ccccc21. The number of benzene rings is 3. The smallest absolute Gasteiger partial charge is 0.342 e. The molecule has 0 saturated heterocycles. The summed E-state index contributed by atoms with van der Waals surface area (Å²) in [5.41, 5.74) is 12.1. The third-order valence-electron chi connectivity index (χ3n) is 5.28. The van der Waals surface area contributed by atoms with Crippen molar-refractivity contribution in [1.82, 2.24) is 4.98 Å². The van der Waals surface area contributed by atoms with Crippen molar-refractivity contribution in [3.05, 3.63) is 89.5 Å². The van der Waals surface area contributed by atoms with Gasteiger partial charge in [-0.2, -0.15) is 0 Å². The molecule has 3 N–H and O–H groups in total. The largest absolute Gasteiger partial charge is 0.461 e. The average molecular weight is 354 g/mol. The van der Waals surface area contributed by atoms with Gasteiger partial charge in [0, 0.05) is 16.8 Å². The molecule has 0 atom stereocenters. The lowest BCUT2D eigenvalue weighted by molar-refractivity contribution is 0.0497. The van der Waals surface area contributed by atoms with Gasteiger partial charge in [0.1, 0.15) is 18.0 Å². The number of hydrogen-bond donors (Lipinski definition) is 2. The Morgan fingerprint density at radius 3 is 2.19 bits per heavy atom. The first-order valence-electron chi connectivity index (χ1n) is 8.95. The summed E-state index contributed by atoms with van der Waals surface area (Å²) in [6.07, 6.45) is 0. The van der Waals surface area contributed by atoms with E-state index in [1.807, 2.05) is 48.5 Å². The Morgan fingerprint density at radius 1 is 0.889 bits per heavy atom. The van der Waals surface area contributed by atoms with Crippen LogP contribution in [0.4, 0.5) is 5.82 Å². The highest BCUT2D eigenvalue weighted by Gasteiger charge is 2.29. The van der Waals surface area contributed by atoms with Gasteiger partial charge in [0.05, 0.1) is 0 Å². The van der Waals surface area contributed by atoms with Crippen molar-refractivity contribution in [2.24, 2.45) is 0 Å². The van der Waals surface area contributed by atoms with Crippen LogP contribution < -0.4 is 5.73 Å². The van der Waals surface area contributed by atoms with E-state index in [2.05, 4.69) is 29.2 Å². The molecule has 0 bridgehead atoms. The van der Waals surface area contributed by atoms with Crippen LogP contribution in [-0.2, 0) is 4.74 Å². The number of esters is 1. The maximum absolute atomic E-state index is 12.8. The summed E-state index contributed by atoms with van der Waals surface area (Å²) in [5.74, 6) is -0.0204. The highest BCUT2D eigenvalue weighted by atomic mass is 16.5. The Labute approximate surface area is 156 Å². The molecule has 1 aromatic heterocycles. The molecular formula is C23H18N2O2. The van der Waals surface area contributed by atoms with E-state index in [9.17, 15) is 4.79 Å². The Kier molecular flexibility index (Phi) is 3.50. The second-order valence-corrected chi connectivity index (χ2v) is 6.78. The molecule has 27 heavy (non-hydrogen) atoms. The number of rotatable bonds is 3. The minimum atomic E-state index is -0.396. The number of aromatic nitrogens is 1. The first-order valence-corrected chi connectivity index (χ1v) is 8.95. The molecule has 0 amide bonds. The summed E-state index contributed by atoms with van der Waals surface area (Å²) >= 11 is 0. The minimum Gasteiger partial charge on any atom is -0.461 e. The van der Waals surface area contributed by atoms with E-state index in [4.69, 9.17) is 10.5 Å². The maximum atomic E-state index is 12.8. The first kappa shape index (κ1) is 15.7. The number of para-hydroxylation sites is 1. The van der Waals surface area contributed by atoms with Crippen molar-refractivity contribution in [3.63, 3.8) is 0 Å². The maximum Gasteiger partial charge on any atom is 0.342 e. The molecule has 4 aromatic rings. The second-order valence-electron chi connectivity index (χ2n) is 6.78. The van der Waals surface area contributed by atoms with Gasteiger partial charge in [-0.25, -0.2) is 4.79 Å². The van der Waals surface area contributed by atoms with E-state index >= 15 is 0 Å². The summed E-state index contributed by atoms with van der Waals surface area (Å²) in [6, 6.07) is 24.1. The van der Waals surface area contributed by atoms with Crippen LogP contribution in [0.25, 0.3) is 22.0 Å². The van der Waals surface area contributed by atoms with Crippen molar-refractivity contribution < 1.29 is 9.53 Å². The zero-order chi connectivity index (χ0) is 18.4. The van der Waals surface area contributed by atoms with Gasteiger partial charge in [0.25, 0.3) is 0 Å². The number of aromatic amines is 1. The second kappa shape index (κ2) is 6.02. The molecule has 5 rings (SSSR count). The third-order valence-corrected chi connectivity index (χ3v) is 5.28. The van der Waals surface area contributed by atoms with E-state index in [1.54, 1.807) is 0 Å². The highest BCUT2D eigenvalue weighted by Crippen LogP contribution is 2.44. The summed E-state index contributed by atoms with van der Waals surface area (Å²) < 4.78 is 5.73. The molecule has 1 aliphatic carbocycles. The predicted molar refractivity (Wildman–Crippen MR) is 107 cm³/mol. The van der Waals surface area contributed by atoms with Crippen molar-refractivity contribution in [1.29, 1.82) is 0 Å². The summed E-state index contributed by atoms with van der Waals surface area (Å²) in [5, 5.41) is 0.784. The fraction of sp³-hybridized carbons (Fsp3) is 0.0870. The van der Waals surface area contributed by atoms with E-state index < -0.39 is 5.97 Å². The summed E-state index contributed by atoms with van der Waals surface area (Å²) in [7, 11) is 0. The van der Waals surface area contributed by atoms with Crippen LogP contribution in [0.5, 0.6) is 0 Å². The average Bonchev–Trinajstić information content (AvgIpc) is 3.20. The molecule has 1 heterocycles. The highest BCUT2D eigenvalue weighted by molar-refractivity contribution is 6.08. The third kappa shape index (κ3) is 2.41. The van der Waals surface area contributed by atoms with Crippen LogP contribution in [0, 0.1) is 0 Å². The van der Waals surface area contributed by atoms with Crippen molar-refractivity contribution in [3.8, 4) is 11.1 Å². The van der Waals surface area contributed by atoms with Gasteiger partial charge < -0.3 is 15.5 Å². The molecule has 1 aliphatic rings. The van der Waals surface area contributed by atoms with E-state index in [-0.39, 0.29) is 12.5 Å². The molecule has 0 radical (unpaired) electrons. The quantitative estimate of drug-likeness (QED) is 0.523. The van der Waals surface area contributed by atoms with Crippen LogP contribution in [0.15, 0.2) is 72.8 Å². The Balaban J connectivity index is 1.46. The lowest BCUT2D eigenvalue weighted by Gasteiger charge is -2.14. The Bertz CT molecular complexity index is 1130. The topological polar surface area (TPSA) is 68.1 Å².